The molecule has 0 radical (unpaired) electrons. The van der Waals surface area contributed by atoms with E-state index in [2.05, 4.69) is 5.16 Å². The van der Waals surface area contributed by atoms with Crippen molar-refractivity contribution in [3.63, 3.8) is 0 Å². The highest BCUT2D eigenvalue weighted by Crippen LogP contribution is 2.25. The van der Waals surface area contributed by atoms with Gasteiger partial charge in [-0.25, -0.2) is 0 Å². The number of fused-ring (bicyclic) bond motifs is 1. The zero-order valence-corrected chi connectivity index (χ0v) is 11.9. The molecular weight excluding hydrogens is 280 g/mol. The lowest BCUT2D eigenvalue weighted by Gasteiger charge is -2.23. The number of carbonyl (C=O) groups is 2. The number of amides is 2. The average molecular weight is 294 g/mol. The standard InChI is InChI=1S/C17H14N2O3/c1-11(15(18-22)12-7-3-2-4-8-12)19-16(20)13-9-5-6-10-14(13)17(19)21/h2-11,22H,1H3/b18-15+/t11-/m1/s1. The summed E-state index contributed by atoms with van der Waals surface area (Å²) in [6.45, 7) is 1.67. The van der Waals surface area contributed by atoms with Crippen molar-refractivity contribution in [2.45, 2.75) is 13.0 Å². The highest BCUT2D eigenvalue weighted by atomic mass is 16.4. The monoisotopic (exact) mass is 294 g/mol. The van der Waals surface area contributed by atoms with E-state index in [9.17, 15) is 14.8 Å². The van der Waals surface area contributed by atoms with Crippen LogP contribution in [0.2, 0.25) is 0 Å². The van der Waals surface area contributed by atoms with Crippen LogP contribution in [0.4, 0.5) is 0 Å². The largest absolute Gasteiger partial charge is 0.411 e. The number of hydrogen-bond acceptors (Lipinski definition) is 4. The summed E-state index contributed by atoms with van der Waals surface area (Å²) in [4.78, 5) is 26.1. The van der Waals surface area contributed by atoms with E-state index in [1.165, 1.54) is 0 Å². The molecule has 0 fully saturated rings. The van der Waals surface area contributed by atoms with Gasteiger partial charge in [-0.05, 0) is 19.1 Å². The molecule has 5 heteroatoms. The molecule has 1 aliphatic heterocycles. The lowest BCUT2D eigenvalue weighted by molar-refractivity contribution is 0.0634. The molecular formula is C17H14N2O3. The fraction of sp³-hybridized carbons (Fsp3) is 0.118. The van der Waals surface area contributed by atoms with Crippen molar-refractivity contribution >= 4 is 17.5 Å². The number of imide groups is 1. The van der Waals surface area contributed by atoms with Gasteiger partial charge in [0.25, 0.3) is 11.8 Å². The first kappa shape index (κ1) is 14.0. The van der Waals surface area contributed by atoms with Crippen molar-refractivity contribution in [2.75, 3.05) is 0 Å². The van der Waals surface area contributed by atoms with Crippen molar-refractivity contribution in [2.24, 2.45) is 5.16 Å². The Labute approximate surface area is 127 Å². The lowest BCUT2D eigenvalue weighted by Crippen LogP contribution is -2.43. The van der Waals surface area contributed by atoms with Gasteiger partial charge in [-0.1, -0.05) is 47.6 Å². The minimum atomic E-state index is -0.667. The summed E-state index contributed by atoms with van der Waals surface area (Å²) in [5.74, 6) is -0.740. The summed E-state index contributed by atoms with van der Waals surface area (Å²) in [6, 6.07) is 15.0. The lowest BCUT2D eigenvalue weighted by atomic mass is 10.0. The summed E-state index contributed by atoms with van der Waals surface area (Å²) in [5.41, 5.74) is 1.69. The molecule has 1 atom stereocenters. The minimum Gasteiger partial charge on any atom is -0.411 e. The molecule has 2 amide bonds. The van der Waals surface area contributed by atoms with Crippen molar-refractivity contribution in [1.29, 1.82) is 0 Å². The van der Waals surface area contributed by atoms with Gasteiger partial charge in [0.05, 0.1) is 17.2 Å². The predicted octanol–water partition coefficient (Wildman–Crippen LogP) is 2.55. The Bertz CT molecular complexity index is 733. The molecule has 0 spiro atoms. The Morgan fingerprint density at radius 2 is 1.45 bits per heavy atom. The Balaban J connectivity index is 1.98. The number of carbonyl (C=O) groups excluding carboxylic acids is 2. The second-order valence-corrected chi connectivity index (χ2v) is 5.05. The van der Waals surface area contributed by atoms with Gasteiger partial charge in [0.2, 0.25) is 0 Å². The van der Waals surface area contributed by atoms with Crippen LogP contribution in [-0.4, -0.2) is 33.7 Å². The molecule has 1 heterocycles. The Morgan fingerprint density at radius 1 is 0.955 bits per heavy atom. The van der Waals surface area contributed by atoms with Crippen molar-refractivity contribution in [3.8, 4) is 0 Å². The molecule has 0 saturated heterocycles. The van der Waals surface area contributed by atoms with Crippen LogP contribution in [0, 0.1) is 0 Å². The molecule has 110 valence electrons. The van der Waals surface area contributed by atoms with E-state index in [1.54, 1.807) is 55.5 Å². The van der Waals surface area contributed by atoms with Gasteiger partial charge in [-0.2, -0.15) is 0 Å². The van der Waals surface area contributed by atoms with Gasteiger partial charge in [0.1, 0.15) is 5.71 Å². The van der Waals surface area contributed by atoms with Gasteiger partial charge in [0.15, 0.2) is 0 Å². The summed E-state index contributed by atoms with van der Waals surface area (Å²) in [5, 5.41) is 12.6. The van der Waals surface area contributed by atoms with Crippen LogP contribution >= 0.6 is 0 Å². The Morgan fingerprint density at radius 3 is 1.95 bits per heavy atom. The van der Waals surface area contributed by atoms with E-state index in [-0.39, 0.29) is 17.5 Å². The highest BCUT2D eigenvalue weighted by molar-refractivity contribution is 6.24. The fourth-order valence-electron chi connectivity index (χ4n) is 2.67. The molecule has 3 rings (SSSR count). The maximum absolute atomic E-state index is 12.5. The minimum absolute atomic E-state index is 0.273. The van der Waals surface area contributed by atoms with Crippen LogP contribution in [0.25, 0.3) is 0 Å². The normalized spacial score (nSPS) is 15.9. The van der Waals surface area contributed by atoms with Crippen LogP contribution in [0.15, 0.2) is 59.8 Å². The van der Waals surface area contributed by atoms with Crippen molar-refractivity contribution in [1.82, 2.24) is 4.90 Å². The summed E-state index contributed by atoms with van der Waals surface area (Å²) in [7, 11) is 0. The second-order valence-electron chi connectivity index (χ2n) is 5.05. The number of oxime groups is 1. The third-order valence-corrected chi connectivity index (χ3v) is 3.79. The van der Waals surface area contributed by atoms with Gasteiger partial charge >= 0.3 is 0 Å². The average Bonchev–Trinajstić information content (AvgIpc) is 2.81. The van der Waals surface area contributed by atoms with Crippen LogP contribution in [0.5, 0.6) is 0 Å². The summed E-state index contributed by atoms with van der Waals surface area (Å²) in [6.07, 6.45) is 0. The van der Waals surface area contributed by atoms with Crippen LogP contribution in [0.3, 0.4) is 0 Å². The third-order valence-electron chi connectivity index (χ3n) is 3.79. The van der Waals surface area contributed by atoms with Gasteiger partial charge in [0, 0.05) is 5.56 Å². The first-order valence-corrected chi connectivity index (χ1v) is 6.89. The SMILES string of the molecule is C[C@H](/C(=N\O)c1ccccc1)N1C(=O)c2ccccc2C1=O. The number of benzene rings is 2. The number of rotatable bonds is 3. The zero-order chi connectivity index (χ0) is 15.7. The van der Waals surface area contributed by atoms with Gasteiger partial charge in [-0.15, -0.1) is 0 Å². The number of hydrogen-bond donors (Lipinski definition) is 1. The molecule has 2 aromatic carbocycles. The fourth-order valence-corrected chi connectivity index (χ4v) is 2.67. The van der Waals surface area contributed by atoms with E-state index in [0.717, 1.165) is 4.90 Å². The highest BCUT2D eigenvalue weighted by Gasteiger charge is 2.40. The molecule has 0 saturated carbocycles. The summed E-state index contributed by atoms with van der Waals surface area (Å²) < 4.78 is 0. The summed E-state index contributed by atoms with van der Waals surface area (Å²) >= 11 is 0. The topological polar surface area (TPSA) is 70.0 Å². The Kier molecular flexibility index (Phi) is 3.47. The van der Waals surface area contributed by atoms with Crippen LogP contribution in [-0.2, 0) is 0 Å². The van der Waals surface area contributed by atoms with Gasteiger partial charge in [-0.3, -0.25) is 14.5 Å². The molecule has 22 heavy (non-hydrogen) atoms. The first-order valence-electron chi connectivity index (χ1n) is 6.89. The Hall–Kier alpha value is -2.95. The number of nitrogens with zero attached hydrogens (tertiary/aromatic N) is 2. The van der Waals surface area contributed by atoms with Crippen LogP contribution < -0.4 is 0 Å². The zero-order valence-electron chi connectivity index (χ0n) is 11.9. The van der Waals surface area contributed by atoms with Gasteiger partial charge < -0.3 is 5.21 Å². The van der Waals surface area contributed by atoms with E-state index < -0.39 is 6.04 Å². The van der Waals surface area contributed by atoms with E-state index in [1.807, 2.05) is 6.07 Å². The quantitative estimate of drug-likeness (QED) is 0.409. The van der Waals surface area contributed by atoms with E-state index in [4.69, 9.17) is 0 Å². The molecule has 0 unspecified atom stereocenters. The predicted molar refractivity (Wildman–Crippen MR) is 81.2 cm³/mol. The molecule has 1 N–H and O–H groups in total. The smallest absolute Gasteiger partial charge is 0.262 e. The third kappa shape index (κ3) is 2.07. The van der Waals surface area contributed by atoms with Crippen LogP contribution in [0.1, 0.15) is 33.2 Å². The second kappa shape index (κ2) is 5.44. The molecule has 2 aromatic rings. The molecule has 0 aliphatic carbocycles. The van der Waals surface area contributed by atoms with Crippen molar-refractivity contribution in [3.05, 3.63) is 71.3 Å². The molecule has 1 aliphatic rings. The van der Waals surface area contributed by atoms with Crippen molar-refractivity contribution < 1.29 is 14.8 Å². The molecule has 0 aromatic heterocycles. The maximum atomic E-state index is 12.5. The van der Waals surface area contributed by atoms with E-state index in [0.29, 0.717) is 16.7 Å². The first-order chi connectivity index (χ1) is 10.6. The van der Waals surface area contributed by atoms with E-state index >= 15 is 0 Å². The maximum Gasteiger partial charge on any atom is 0.262 e. The molecule has 0 bridgehead atoms. The molecule has 5 nitrogen and oxygen atoms in total.